The summed E-state index contributed by atoms with van der Waals surface area (Å²) in [6.45, 7) is 0. The van der Waals surface area contributed by atoms with Crippen LogP contribution in [0, 0.1) is 0 Å². The fraction of sp³-hybridized carbons (Fsp3) is 0.417. The Bertz CT molecular complexity index is 392. The molecular formula is C12H17NO4. The minimum absolute atomic E-state index is 0.110. The third-order valence-corrected chi connectivity index (χ3v) is 2.45. The van der Waals surface area contributed by atoms with E-state index in [1.807, 2.05) is 0 Å². The lowest BCUT2D eigenvalue weighted by atomic mass is 10.0. The van der Waals surface area contributed by atoms with E-state index in [2.05, 4.69) is 4.74 Å². The van der Waals surface area contributed by atoms with E-state index in [1.54, 1.807) is 32.4 Å². The topological polar surface area (TPSA) is 70.8 Å². The molecule has 1 aromatic rings. The minimum atomic E-state index is -0.455. The van der Waals surface area contributed by atoms with Crippen LogP contribution in [0.5, 0.6) is 11.5 Å². The quantitative estimate of drug-likeness (QED) is 0.783. The predicted octanol–water partition coefficient (Wildman–Crippen LogP) is 1.27. The van der Waals surface area contributed by atoms with Crippen LogP contribution in [0.15, 0.2) is 18.2 Å². The molecular weight excluding hydrogens is 222 g/mol. The Morgan fingerprint density at radius 3 is 2.53 bits per heavy atom. The van der Waals surface area contributed by atoms with Gasteiger partial charge < -0.3 is 19.9 Å². The number of methoxy groups -OCH3 is 3. The van der Waals surface area contributed by atoms with Crippen molar-refractivity contribution in [2.45, 2.75) is 12.5 Å². The number of nitrogens with two attached hydrogens (primary N) is 1. The molecule has 5 heteroatoms. The van der Waals surface area contributed by atoms with Crippen molar-refractivity contribution in [3.63, 3.8) is 0 Å². The van der Waals surface area contributed by atoms with Crippen LogP contribution in [0.2, 0.25) is 0 Å². The summed E-state index contributed by atoms with van der Waals surface area (Å²) in [6.07, 6.45) is 0.110. The summed E-state index contributed by atoms with van der Waals surface area (Å²) < 4.78 is 14.9. The normalized spacial score (nSPS) is 11.8. The predicted molar refractivity (Wildman–Crippen MR) is 63.1 cm³/mol. The van der Waals surface area contributed by atoms with Gasteiger partial charge in [-0.2, -0.15) is 0 Å². The van der Waals surface area contributed by atoms with Gasteiger partial charge in [0.15, 0.2) is 0 Å². The van der Waals surface area contributed by atoms with Gasteiger partial charge in [-0.05, 0) is 6.07 Å². The van der Waals surface area contributed by atoms with Gasteiger partial charge in [0, 0.05) is 17.7 Å². The molecule has 0 aliphatic rings. The van der Waals surface area contributed by atoms with Crippen molar-refractivity contribution in [1.82, 2.24) is 0 Å². The van der Waals surface area contributed by atoms with Gasteiger partial charge in [0.1, 0.15) is 11.5 Å². The molecule has 1 rings (SSSR count). The monoisotopic (exact) mass is 239 g/mol. The number of hydrogen-bond acceptors (Lipinski definition) is 5. The van der Waals surface area contributed by atoms with E-state index in [0.717, 1.165) is 5.56 Å². The minimum Gasteiger partial charge on any atom is -0.497 e. The Balaban J connectivity index is 2.92. The second-order valence-electron chi connectivity index (χ2n) is 3.49. The third-order valence-electron chi connectivity index (χ3n) is 2.45. The molecule has 94 valence electrons. The molecule has 2 N–H and O–H groups in total. The van der Waals surface area contributed by atoms with Crippen molar-refractivity contribution in [2.75, 3.05) is 21.3 Å². The summed E-state index contributed by atoms with van der Waals surface area (Å²) in [5.74, 6) is 0.923. The number of carbonyl (C=O) groups excluding carboxylic acids is 1. The van der Waals surface area contributed by atoms with Crippen LogP contribution in [0.25, 0.3) is 0 Å². The Morgan fingerprint density at radius 2 is 2.00 bits per heavy atom. The van der Waals surface area contributed by atoms with Crippen LogP contribution in [0.1, 0.15) is 18.0 Å². The average Bonchev–Trinajstić information content (AvgIpc) is 2.37. The molecule has 0 heterocycles. The number of rotatable bonds is 5. The highest BCUT2D eigenvalue weighted by molar-refractivity contribution is 5.70. The number of benzene rings is 1. The fourth-order valence-corrected chi connectivity index (χ4v) is 1.50. The van der Waals surface area contributed by atoms with Crippen molar-refractivity contribution < 1.29 is 19.0 Å². The zero-order chi connectivity index (χ0) is 12.8. The number of carbonyl (C=O) groups is 1. The smallest absolute Gasteiger partial charge is 0.307 e. The SMILES string of the molecule is COC(=O)C[C@H](N)c1ccc(OC)cc1OC. The third kappa shape index (κ3) is 3.35. The summed E-state index contributed by atoms with van der Waals surface area (Å²) in [7, 11) is 4.45. The largest absolute Gasteiger partial charge is 0.497 e. The lowest BCUT2D eigenvalue weighted by Gasteiger charge is -2.15. The molecule has 1 atom stereocenters. The van der Waals surface area contributed by atoms with E-state index in [9.17, 15) is 4.79 Å². The lowest BCUT2D eigenvalue weighted by molar-refractivity contribution is -0.141. The highest BCUT2D eigenvalue weighted by Crippen LogP contribution is 2.29. The summed E-state index contributed by atoms with van der Waals surface area (Å²) in [6, 6.07) is 4.83. The zero-order valence-corrected chi connectivity index (χ0v) is 10.2. The zero-order valence-electron chi connectivity index (χ0n) is 10.2. The molecule has 0 spiro atoms. The van der Waals surface area contributed by atoms with Gasteiger partial charge in [0.25, 0.3) is 0 Å². The van der Waals surface area contributed by atoms with Crippen molar-refractivity contribution in [3.05, 3.63) is 23.8 Å². The lowest BCUT2D eigenvalue weighted by Crippen LogP contribution is -2.17. The Morgan fingerprint density at radius 1 is 1.29 bits per heavy atom. The van der Waals surface area contributed by atoms with Crippen LogP contribution in [-0.2, 0) is 9.53 Å². The maximum absolute atomic E-state index is 11.2. The van der Waals surface area contributed by atoms with Gasteiger partial charge in [-0.15, -0.1) is 0 Å². The van der Waals surface area contributed by atoms with Crippen molar-refractivity contribution in [1.29, 1.82) is 0 Å². The second kappa shape index (κ2) is 6.10. The first-order valence-corrected chi connectivity index (χ1v) is 5.16. The van der Waals surface area contributed by atoms with E-state index in [0.29, 0.717) is 11.5 Å². The molecule has 0 fully saturated rings. The highest BCUT2D eigenvalue weighted by Gasteiger charge is 2.16. The summed E-state index contributed by atoms with van der Waals surface area (Å²) in [5, 5.41) is 0. The van der Waals surface area contributed by atoms with Crippen LogP contribution in [-0.4, -0.2) is 27.3 Å². The molecule has 17 heavy (non-hydrogen) atoms. The highest BCUT2D eigenvalue weighted by atomic mass is 16.5. The number of ether oxygens (including phenoxy) is 3. The van der Waals surface area contributed by atoms with Crippen molar-refractivity contribution >= 4 is 5.97 Å². The molecule has 0 aromatic heterocycles. The van der Waals surface area contributed by atoms with Crippen LogP contribution in [0.4, 0.5) is 0 Å². The van der Waals surface area contributed by atoms with E-state index in [1.165, 1.54) is 7.11 Å². The number of esters is 1. The first-order valence-electron chi connectivity index (χ1n) is 5.16. The molecule has 0 aliphatic carbocycles. The average molecular weight is 239 g/mol. The Labute approximate surface area is 100 Å². The molecule has 0 aliphatic heterocycles. The molecule has 1 aromatic carbocycles. The molecule has 0 radical (unpaired) electrons. The van der Waals surface area contributed by atoms with Gasteiger partial charge in [-0.25, -0.2) is 0 Å². The van der Waals surface area contributed by atoms with Gasteiger partial charge in [-0.1, -0.05) is 6.07 Å². The first kappa shape index (κ1) is 13.3. The molecule has 0 unspecified atom stereocenters. The van der Waals surface area contributed by atoms with Crippen LogP contribution >= 0.6 is 0 Å². The molecule has 0 saturated heterocycles. The van der Waals surface area contributed by atoms with Gasteiger partial charge in [0.05, 0.1) is 27.8 Å². The molecule has 0 amide bonds. The van der Waals surface area contributed by atoms with E-state index >= 15 is 0 Å². The standard InChI is InChI=1S/C12H17NO4/c1-15-8-4-5-9(11(6-8)16-2)10(13)7-12(14)17-3/h4-6,10H,7,13H2,1-3H3/t10-/m0/s1. The maximum Gasteiger partial charge on any atom is 0.307 e. The van der Waals surface area contributed by atoms with Gasteiger partial charge >= 0.3 is 5.97 Å². The van der Waals surface area contributed by atoms with E-state index < -0.39 is 6.04 Å². The fourth-order valence-electron chi connectivity index (χ4n) is 1.50. The molecule has 5 nitrogen and oxygen atoms in total. The van der Waals surface area contributed by atoms with E-state index in [4.69, 9.17) is 15.2 Å². The van der Waals surface area contributed by atoms with Crippen LogP contribution < -0.4 is 15.2 Å². The Kier molecular flexibility index (Phi) is 4.78. The maximum atomic E-state index is 11.2. The summed E-state index contributed by atoms with van der Waals surface area (Å²) >= 11 is 0. The summed E-state index contributed by atoms with van der Waals surface area (Å²) in [4.78, 5) is 11.2. The number of hydrogen-bond donors (Lipinski definition) is 1. The summed E-state index contributed by atoms with van der Waals surface area (Å²) in [5.41, 5.74) is 6.67. The van der Waals surface area contributed by atoms with Crippen molar-refractivity contribution in [3.8, 4) is 11.5 Å². The second-order valence-corrected chi connectivity index (χ2v) is 3.49. The first-order chi connectivity index (χ1) is 8.12. The molecule has 0 saturated carbocycles. The van der Waals surface area contributed by atoms with Crippen molar-refractivity contribution in [2.24, 2.45) is 5.73 Å². The van der Waals surface area contributed by atoms with Gasteiger partial charge in [-0.3, -0.25) is 4.79 Å². The van der Waals surface area contributed by atoms with Gasteiger partial charge in [0.2, 0.25) is 0 Å². The van der Waals surface area contributed by atoms with E-state index in [-0.39, 0.29) is 12.4 Å². The molecule has 0 bridgehead atoms. The Hall–Kier alpha value is -1.75. The van der Waals surface area contributed by atoms with Crippen LogP contribution in [0.3, 0.4) is 0 Å².